The van der Waals surface area contributed by atoms with Gasteiger partial charge >= 0.3 is 6.03 Å². The summed E-state index contributed by atoms with van der Waals surface area (Å²) < 4.78 is 7.06. The third-order valence-electron chi connectivity index (χ3n) is 5.93. The monoisotopic (exact) mass is 483 g/mol. The van der Waals surface area contributed by atoms with Crippen LogP contribution in [0.25, 0.3) is 22.0 Å². The lowest BCUT2D eigenvalue weighted by molar-refractivity contribution is -0.124. The van der Waals surface area contributed by atoms with Crippen molar-refractivity contribution in [2.24, 2.45) is 0 Å². The Bertz CT molecular complexity index is 1510. The predicted molar refractivity (Wildman–Crippen MR) is 130 cm³/mol. The Morgan fingerprint density at radius 1 is 1.08 bits per heavy atom. The lowest BCUT2D eigenvalue weighted by Crippen LogP contribution is -2.47. The first-order chi connectivity index (χ1) is 17.5. The Morgan fingerprint density at radius 3 is 2.61 bits per heavy atom. The first kappa shape index (κ1) is 22.9. The van der Waals surface area contributed by atoms with Gasteiger partial charge in [-0.1, -0.05) is 36.1 Å². The van der Waals surface area contributed by atoms with Gasteiger partial charge in [-0.3, -0.25) is 20.1 Å². The highest BCUT2D eigenvalue weighted by Crippen LogP contribution is 2.35. The Kier molecular flexibility index (Phi) is 5.98. The minimum absolute atomic E-state index is 0.0479. The van der Waals surface area contributed by atoms with Gasteiger partial charge in [0.2, 0.25) is 0 Å². The van der Waals surface area contributed by atoms with Crippen molar-refractivity contribution in [3.05, 3.63) is 72.8 Å². The summed E-state index contributed by atoms with van der Waals surface area (Å²) in [4.78, 5) is 33.6. The standard InChI is InChI=1S/C26H21N5O5/c32-11-1-2-12-36-20-8-5-18-15-31(23(33)21(18)13-20)16-26(24(34)29-25(35)30-26)19-6-3-17(4-7-19)22-14-27-9-10-28-22/h3-10,13-15,32-33H,11-12,16H2,(H2,29,30,34,35)/t26-/m0/s1. The van der Waals surface area contributed by atoms with Gasteiger partial charge in [-0.2, -0.15) is 0 Å². The van der Waals surface area contributed by atoms with Crippen molar-refractivity contribution in [3.8, 4) is 34.7 Å². The molecule has 180 valence electrons. The van der Waals surface area contributed by atoms with Crippen LogP contribution in [0.2, 0.25) is 0 Å². The number of benzene rings is 2. The third-order valence-corrected chi connectivity index (χ3v) is 5.93. The fourth-order valence-electron chi connectivity index (χ4n) is 4.19. The Balaban J connectivity index is 1.48. The van der Waals surface area contributed by atoms with Gasteiger partial charge in [-0.15, -0.1) is 0 Å². The Labute approximate surface area is 205 Å². The average Bonchev–Trinajstić information content (AvgIpc) is 3.37. The molecule has 2 aromatic heterocycles. The van der Waals surface area contributed by atoms with Crippen molar-refractivity contribution >= 4 is 22.7 Å². The second-order valence-corrected chi connectivity index (χ2v) is 8.11. The van der Waals surface area contributed by atoms with Crippen LogP contribution in [-0.2, 0) is 16.9 Å². The maximum absolute atomic E-state index is 13.1. The number of ether oxygens (including phenoxy) is 1. The van der Waals surface area contributed by atoms with Crippen molar-refractivity contribution < 1.29 is 24.5 Å². The molecule has 0 saturated carbocycles. The molecule has 1 aliphatic rings. The zero-order valence-corrected chi connectivity index (χ0v) is 18.9. The number of hydrogen-bond donors (Lipinski definition) is 4. The number of carbonyl (C=O) groups is 2. The number of imide groups is 1. The predicted octanol–water partition coefficient (Wildman–Crippen LogP) is 1.91. The summed E-state index contributed by atoms with van der Waals surface area (Å²) in [6, 6.07) is 11.6. The van der Waals surface area contributed by atoms with E-state index in [2.05, 4.69) is 32.4 Å². The highest BCUT2D eigenvalue weighted by atomic mass is 16.5. The quantitative estimate of drug-likeness (QED) is 0.243. The van der Waals surface area contributed by atoms with Crippen LogP contribution >= 0.6 is 0 Å². The number of aromatic nitrogens is 3. The molecule has 10 heteroatoms. The summed E-state index contributed by atoms with van der Waals surface area (Å²) in [6.07, 6.45) is 6.51. The normalized spacial score (nSPS) is 16.8. The molecule has 2 aromatic carbocycles. The zero-order valence-electron chi connectivity index (χ0n) is 18.9. The molecule has 0 spiro atoms. The molecule has 0 radical (unpaired) electrons. The molecule has 3 heterocycles. The minimum atomic E-state index is -1.44. The fourth-order valence-corrected chi connectivity index (χ4v) is 4.19. The second-order valence-electron chi connectivity index (χ2n) is 8.11. The number of nitrogens with zero attached hydrogens (tertiary/aromatic N) is 3. The second kappa shape index (κ2) is 9.40. The van der Waals surface area contributed by atoms with E-state index in [4.69, 9.17) is 9.84 Å². The van der Waals surface area contributed by atoms with Crippen molar-refractivity contribution in [1.82, 2.24) is 25.2 Å². The number of rotatable bonds is 6. The van der Waals surface area contributed by atoms with Crippen LogP contribution in [0.3, 0.4) is 0 Å². The van der Waals surface area contributed by atoms with E-state index in [9.17, 15) is 14.7 Å². The molecule has 0 bridgehead atoms. The lowest BCUT2D eigenvalue weighted by atomic mass is 9.89. The molecule has 3 amide bonds. The van der Waals surface area contributed by atoms with E-state index in [0.717, 1.165) is 10.9 Å². The maximum Gasteiger partial charge on any atom is 0.322 e. The minimum Gasteiger partial charge on any atom is -0.494 e. The molecule has 10 nitrogen and oxygen atoms in total. The van der Waals surface area contributed by atoms with Crippen LogP contribution in [0.5, 0.6) is 11.6 Å². The summed E-state index contributed by atoms with van der Waals surface area (Å²) in [5.41, 5.74) is 0.580. The van der Waals surface area contributed by atoms with Crippen LogP contribution in [0, 0.1) is 11.8 Å². The van der Waals surface area contributed by atoms with Crippen molar-refractivity contribution in [3.63, 3.8) is 0 Å². The molecule has 36 heavy (non-hydrogen) atoms. The molecule has 5 rings (SSSR count). The fraction of sp³-hybridized carbons (Fsp3) is 0.154. The van der Waals surface area contributed by atoms with Crippen LogP contribution in [0.1, 0.15) is 5.56 Å². The summed E-state index contributed by atoms with van der Waals surface area (Å²) in [5, 5.41) is 26.0. The SMILES string of the molecule is O=C1NC(=O)[C@](Cn2cc3ccc(OCC#CCO)cc3c2O)(c2ccc(-c3cnccn3)cc2)N1. The molecule has 4 N–H and O–H groups in total. The molecular formula is C26H21N5O5. The van der Waals surface area contributed by atoms with E-state index < -0.39 is 17.5 Å². The molecule has 0 unspecified atom stereocenters. The van der Waals surface area contributed by atoms with Gasteiger partial charge in [-0.25, -0.2) is 4.79 Å². The number of amides is 3. The van der Waals surface area contributed by atoms with Crippen LogP contribution in [-0.4, -0.2) is 49.9 Å². The lowest BCUT2D eigenvalue weighted by Gasteiger charge is -2.27. The van der Waals surface area contributed by atoms with Crippen molar-refractivity contribution in [2.75, 3.05) is 13.2 Å². The number of aliphatic hydroxyl groups excluding tert-OH is 1. The summed E-state index contributed by atoms with van der Waals surface area (Å²) in [7, 11) is 0. The molecule has 1 fully saturated rings. The zero-order chi connectivity index (χ0) is 25.1. The Morgan fingerprint density at radius 2 is 1.92 bits per heavy atom. The maximum atomic E-state index is 13.1. The first-order valence-corrected chi connectivity index (χ1v) is 11.0. The number of hydrogen-bond acceptors (Lipinski definition) is 7. The van der Waals surface area contributed by atoms with E-state index in [0.29, 0.717) is 22.4 Å². The largest absolute Gasteiger partial charge is 0.494 e. The summed E-state index contributed by atoms with van der Waals surface area (Å²) in [5.74, 6) is 5.05. The summed E-state index contributed by atoms with van der Waals surface area (Å²) >= 11 is 0. The van der Waals surface area contributed by atoms with Crippen molar-refractivity contribution in [2.45, 2.75) is 12.1 Å². The molecular weight excluding hydrogens is 462 g/mol. The van der Waals surface area contributed by atoms with Crippen LogP contribution in [0.15, 0.2) is 67.3 Å². The number of carbonyl (C=O) groups excluding carboxylic acids is 2. The number of aromatic hydroxyl groups is 1. The number of urea groups is 1. The van der Waals surface area contributed by atoms with Gasteiger partial charge in [0.15, 0.2) is 11.4 Å². The van der Waals surface area contributed by atoms with Crippen molar-refractivity contribution in [1.29, 1.82) is 0 Å². The van der Waals surface area contributed by atoms with E-state index in [1.54, 1.807) is 67.3 Å². The topological polar surface area (TPSA) is 139 Å². The number of aliphatic hydroxyl groups is 1. The summed E-state index contributed by atoms with van der Waals surface area (Å²) in [6.45, 7) is -0.206. The highest BCUT2D eigenvalue weighted by molar-refractivity contribution is 6.07. The van der Waals surface area contributed by atoms with E-state index in [-0.39, 0.29) is 25.6 Å². The molecule has 4 aromatic rings. The molecule has 1 atom stereocenters. The van der Waals surface area contributed by atoms with Gasteiger partial charge in [0, 0.05) is 34.9 Å². The van der Waals surface area contributed by atoms with Gasteiger partial charge in [0.1, 0.15) is 19.0 Å². The molecule has 1 saturated heterocycles. The van der Waals surface area contributed by atoms with E-state index in [1.165, 1.54) is 4.57 Å². The molecule has 0 aliphatic carbocycles. The number of nitrogens with one attached hydrogen (secondary N) is 2. The molecule has 1 aliphatic heterocycles. The Hall–Kier alpha value is -4.88. The van der Waals surface area contributed by atoms with Gasteiger partial charge < -0.3 is 24.8 Å². The first-order valence-electron chi connectivity index (χ1n) is 11.0. The highest BCUT2D eigenvalue weighted by Gasteiger charge is 2.48. The van der Waals surface area contributed by atoms with Gasteiger partial charge in [0.25, 0.3) is 5.91 Å². The van der Waals surface area contributed by atoms with Crippen LogP contribution in [0.4, 0.5) is 4.79 Å². The average molecular weight is 483 g/mol. The number of fused-ring (bicyclic) bond motifs is 1. The van der Waals surface area contributed by atoms with E-state index >= 15 is 0 Å². The van der Waals surface area contributed by atoms with Crippen LogP contribution < -0.4 is 15.4 Å². The van der Waals surface area contributed by atoms with Gasteiger partial charge in [0.05, 0.1) is 18.4 Å². The third kappa shape index (κ3) is 4.19. The van der Waals surface area contributed by atoms with Gasteiger partial charge in [-0.05, 0) is 23.8 Å². The smallest absolute Gasteiger partial charge is 0.322 e. The van der Waals surface area contributed by atoms with E-state index in [1.807, 2.05) is 0 Å².